The van der Waals surface area contributed by atoms with Crippen LogP contribution >= 0.6 is 0 Å². The number of fused-ring (bicyclic) bond motifs is 2. The van der Waals surface area contributed by atoms with Gasteiger partial charge in [0.2, 0.25) is 12.2 Å². The summed E-state index contributed by atoms with van der Waals surface area (Å²) in [4.78, 5) is 13.0. The van der Waals surface area contributed by atoms with E-state index in [0.29, 0.717) is 39.5 Å². The highest BCUT2D eigenvalue weighted by Gasteiger charge is 2.18. The molecule has 1 aliphatic rings. The maximum Gasteiger partial charge on any atom is 0.231 e. The van der Waals surface area contributed by atoms with E-state index in [4.69, 9.17) is 18.6 Å². The second-order valence-corrected chi connectivity index (χ2v) is 6.25. The minimum Gasteiger partial charge on any atom is -0.491 e. The summed E-state index contributed by atoms with van der Waals surface area (Å²) in [6.07, 6.45) is 0.0539. The highest BCUT2D eigenvalue weighted by atomic mass is 16.7. The second-order valence-electron chi connectivity index (χ2n) is 6.25. The van der Waals surface area contributed by atoms with E-state index in [1.54, 1.807) is 31.2 Å². The van der Waals surface area contributed by atoms with E-state index < -0.39 is 0 Å². The molecule has 0 saturated heterocycles. The first-order valence-electron chi connectivity index (χ1n) is 8.17. The van der Waals surface area contributed by atoms with Gasteiger partial charge in [0, 0.05) is 6.07 Å². The van der Waals surface area contributed by atoms with Crippen LogP contribution in [0.4, 0.5) is 0 Å². The fraction of sp³-hybridized carbons (Fsp3) is 0.250. The van der Waals surface area contributed by atoms with E-state index in [1.165, 1.54) is 0 Å². The third-order valence-electron chi connectivity index (χ3n) is 4.07. The standard InChI is InChI=1S/C20H18O5/c1-11(2)24-14-5-6-15-17(9-14)25-12(3)19(20(15)21)13-4-7-16-18(8-13)23-10-22-16/h4-9,11H,10H2,1-3H3. The Kier molecular flexibility index (Phi) is 3.64. The average Bonchev–Trinajstić information content (AvgIpc) is 3.01. The van der Waals surface area contributed by atoms with Gasteiger partial charge in [0.05, 0.1) is 17.1 Å². The Labute approximate surface area is 144 Å². The number of hydrogen-bond donors (Lipinski definition) is 0. The monoisotopic (exact) mass is 338 g/mol. The number of ether oxygens (including phenoxy) is 3. The van der Waals surface area contributed by atoms with E-state index in [0.717, 1.165) is 5.56 Å². The molecule has 128 valence electrons. The number of rotatable bonds is 3. The van der Waals surface area contributed by atoms with Gasteiger partial charge in [-0.1, -0.05) is 6.07 Å². The van der Waals surface area contributed by atoms with Crippen LogP contribution in [-0.2, 0) is 0 Å². The lowest BCUT2D eigenvalue weighted by Gasteiger charge is -2.11. The quantitative estimate of drug-likeness (QED) is 0.713. The molecule has 0 spiro atoms. The fourth-order valence-corrected chi connectivity index (χ4v) is 3.02. The van der Waals surface area contributed by atoms with Gasteiger partial charge >= 0.3 is 0 Å². The molecule has 0 unspecified atom stereocenters. The molecule has 2 heterocycles. The minimum atomic E-state index is -0.0753. The van der Waals surface area contributed by atoms with Gasteiger partial charge in [0.1, 0.15) is 17.1 Å². The van der Waals surface area contributed by atoms with Gasteiger partial charge in [-0.2, -0.15) is 0 Å². The van der Waals surface area contributed by atoms with Crippen LogP contribution in [0.25, 0.3) is 22.1 Å². The van der Waals surface area contributed by atoms with E-state index in [-0.39, 0.29) is 18.3 Å². The van der Waals surface area contributed by atoms with Crippen molar-refractivity contribution in [1.29, 1.82) is 0 Å². The molecule has 0 radical (unpaired) electrons. The largest absolute Gasteiger partial charge is 0.491 e. The number of hydrogen-bond acceptors (Lipinski definition) is 5. The van der Waals surface area contributed by atoms with E-state index in [2.05, 4.69) is 0 Å². The van der Waals surface area contributed by atoms with E-state index in [9.17, 15) is 4.79 Å². The van der Waals surface area contributed by atoms with Gasteiger partial charge in [-0.25, -0.2) is 0 Å². The van der Waals surface area contributed by atoms with Crippen LogP contribution < -0.4 is 19.6 Å². The Balaban J connectivity index is 1.86. The third-order valence-corrected chi connectivity index (χ3v) is 4.07. The molecule has 0 saturated carbocycles. The van der Waals surface area contributed by atoms with E-state index >= 15 is 0 Å². The van der Waals surface area contributed by atoms with Crippen LogP contribution in [0.5, 0.6) is 17.2 Å². The van der Waals surface area contributed by atoms with Crippen molar-refractivity contribution in [3.8, 4) is 28.4 Å². The van der Waals surface area contributed by atoms with Crippen LogP contribution in [0.3, 0.4) is 0 Å². The van der Waals surface area contributed by atoms with Crippen molar-refractivity contribution in [3.63, 3.8) is 0 Å². The van der Waals surface area contributed by atoms with Crippen LogP contribution in [-0.4, -0.2) is 12.9 Å². The molecule has 0 bridgehead atoms. The smallest absolute Gasteiger partial charge is 0.231 e. The van der Waals surface area contributed by atoms with Crippen molar-refractivity contribution < 1.29 is 18.6 Å². The van der Waals surface area contributed by atoms with Crippen molar-refractivity contribution in [1.82, 2.24) is 0 Å². The molecule has 0 amide bonds. The lowest BCUT2D eigenvalue weighted by atomic mass is 10.0. The van der Waals surface area contributed by atoms with Gasteiger partial charge in [0.15, 0.2) is 11.5 Å². The van der Waals surface area contributed by atoms with Gasteiger partial charge in [-0.3, -0.25) is 4.79 Å². The minimum absolute atomic E-state index is 0.0539. The summed E-state index contributed by atoms with van der Waals surface area (Å²) in [5.74, 6) is 2.55. The molecule has 3 aromatic rings. The number of aryl methyl sites for hydroxylation is 1. The van der Waals surface area contributed by atoms with Crippen LogP contribution in [0.1, 0.15) is 19.6 Å². The van der Waals surface area contributed by atoms with Crippen molar-refractivity contribution in [2.24, 2.45) is 0 Å². The summed E-state index contributed by atoms with van der Waals surface area (Å²) in [6.45, 7) is 5.89. The highest BCUT2D eigenvalue weighted by Crippen LogP contribution is 2.36. The molecule has 0 aliphatic carbocycles. The average molecular weight is 338 g/mol. The lowest BCUT2D eigenvalue weighted by molar-refractivity contribution is 0.174. The molecule has 0 N–H and O–H groups in total. The summed E-state index contributed by atoms with van der Waals surface area (Å²) in [5, 5.41) is 0.523. The Hall–Kier alpha value is -2.95. The van der Waals surface area contributed by atoms with Gasteiger partial charge in [-0.15, -0.1) is 0 Å². The van der Waals surface area contributed by atoms with Crippen LogP contribution in [0.15, 0.2) is 45.6 Å². The van der Waals surface area contributed by atoms with Gasteiger partial charge in [-0.05, 0) is 50.6 Å². The molecule has 5 nitrogen and oxygen atoms in total. The van der Waals surface area contributed by atoms with Crippen LogP contribution in [0, 0.1) is 6.92 Å². The first-order valence-corrected chi connectivity index (χ1v) is 8.17. The van der Waals surface area contributed by atoms with Crippen molar-refractivity contribution >= 4 is 11.0 Å². The number of benzene rings is 2. The summed E-state index contributed by atoms with van der Waals surface area (Å²) in [5.41, 5.74) is 1.72. The molecule has 0 fully saturated rings. The maximum absolute atomic E-state index is 13.0. The SMILES string of the molecule is Cc1oc2cc(OC(C)C)ccc2c(=O)c1-c1ccc2c(c1)OCO2. The first kappa shape index (κ1) is 15.6. The molecule has 1 aliphatic heterocycles. The molecule has 0 atom stereocenters. The topological polar surface area (TPSA) is 57.9 Å². The first-order chi connectivity index (χ1) is 12.0. The van der Waals surface area contributed by atoms with Crippen molar-refractivity contribution in [2.75, 3.05) is 6.79 Å². The highest BCUT2D eigenvalue weighted by molar-refractivity contribution is 5.84. The summed E-state index contributed by atoms with van der Waals surface area (Å²) < 4.78 is 22.3. The molecular weight excluding hydrogens is 320 g/mol. The predicted octanol–water partition coefficient (Wildman–Crippen LogP) is 4.28. The Morgan fingerprint density at radius 1 is 1.04 bits per heavy atom. The zero-order valence-corrected chi connectivity index (χ0v) is 14.3. The van der Waals surface area contributed by atoms with Gasteiger partial charge < -0.3 is 18.6 Å². The molecule has 1 aromatic heterocycles. The maximum atomic E-state index is 13.0. The molecule has 25 heavy (non-hydrogen) atoms. The molecule has 2 aromatic carbocycles. The second kappa shape index (κ2) is 5.84. The lowest BCUT2D eigenvalue weighted by Crippen LogP contribution is -2.09. The zero-order chi connectivity index (χ0) is 17.6. The van der Waals surface area contributed by atoms with Gasteiger partial charge in [0.25, 0.3) is 0 Å². The van der Waals surface area contributed by atoms with E-state index in [1.807, 2.05) is 26.0 Å². The molecule has 5 heteroatoms. The zero-order valence-electron chi connectivity index (χ0n) is 14.3. The van der Waals surface area contributed by atoms with Crippen molar-refractivity contribution in [2.45, 2.75) is 26.9 Å². The fourth-order valence-electron chi connectivity index (χ4n) is 3.02. The Morgan fingerprint density at radius 2 is 1.84 bits per heavy atom. The molecule has 4 rings (SSSR count). The summed E-state index contributed by atoms with van der Waals surface area (Å²) in [7, 11) is 0. The summed E-state index contributed by atoms with van der Waals surface area (Å²) >= 11 is 0. The Morgan fingerprint density at radius 3 is 2.64 bits per heavy atom. The predicted molar refractivity (Wildman–Crippen MR) is 94.5 cm³/mol. The summed E-state index contributed by atoms with van der Waals surface area (Å²) in [6, 6.07) is 10.7. The third kappa shape index (κ3) is 2.71. The molecular formula is C20H18O5. The van der Waals surface area contributed by atoms with Crippen molar-refractivity contribution in [3.05, 3.63) is 52.4 Å². The van der Waals surface area contributed by atoms with Crippen LogP contribution in [0.2, 0.25) is 0 Å². The Bertz CT molecular complexity index is 1020. The normalized spacial score (nSPS) is 12.8.